The van der Waals surface area contributed by atoms with Crippen molar-refractivity contribution in [2.75, 3.05) is 19.8 Å². The minimum Gasteiger partial charge on any atom is -0.381 e. The van der Waals surface area contributed by atoms with Gasteiger partial charge in [0.2, 0.25) is 0 Å². The highest BCUT2D eigenvalue weighted by atomic mass is 16.5. The molecule has 2 heteroatoms. The van der Waals surface area contributed by atoms with Crippen molar-refractivity contribution in [3.05, 3.63) is 35.4 Å². The number of nitrogens with one attached hydrogen (secondary N) is 1. The Morgan fingerprint density at radius 2 is 2.15 bits per heavy atom. The van der Waals surface area contributed by atoms with Gasteiger partial charge in [-0.2, -0.15) is 0 Å². The van der Waals surface area contributed by atoms with Gasteiger partial charge in [-0.15, -0.1) is 0 Å². The van der Waals surface area contributed by atoms with E-state index in [1.807, 2.05) is 0 Å². The summed E-state index contributed by atoms with van der Waals surface area (Å²) in [6.07, 6.45) is 6.45. The van der Waals surface area contributed by atoms with Crippen LogP contribution in [0.25, 0.3) is 0 Å². The molecule has 3 unspecified atom stereocenters. The number of hydrogen-bond acceptors (Lipinski definition) is 2. The zero-order valence-corrected chi connectivity index (χ0v) is 12.6. The first kappa shape index (κ1) is 14.1. The van der Waals surface area contributed by atoms with Crippen LogP contribution in [0.4, 0.5) is 0 Å². The lowest BCUT2D eigenvalue weighted by Crippen LogP contribution is -2.45. The van der Waals surface area contributed by atoms with Crippen molar-refractivity contribution < 1.29 is 4.74 Å². The molecule has 3 atom stereocenters. The second-order valence-corrected chi connectivity index (χ2v) is 6.26. The van der Waals surface area contributed by atoms with Gasteiger partial charge in [0.25, 0.3) is 0 Å². The van der Waals surface area contributed by atoms with Gasteiger partial charge in [0, 0.05) is 12.6 Å². The highest BCUT2D eigenvalue weighted by Crippen LogP contribution is 2.37. The normalized spacial score (nSPS) is 27.9. The van der Waals surface area contributed by atoms with Crippen molar-refractivity contribution in [1.82, 2.24) is 5.32 Å². The van der Waals surface area contributed by atoms with Crippen LogP contribution in [-0.4, -0.2) is 25.8 Å². The van der Waals surface area contributed by atoms with Gasteiger partial charge in [0.15, 0.2) is 0 Å². The average Bonchev–Trinajstić information content (AvgIpc) is 2.53. The van der Waals surface area contributed by atoms with E-state index in [-0.39, 0.29) is 0 Å². The first-order valence-electron chi connectivity index (χ1n) is 8.29. The molecular weight excluding hydrogens is 246 g/mol. The molecule has 0 bridgehead atoms. The molecule has 1 fully saturated rings. The van der Waals surface area contributed by atoms with Gasteiger partial charge in [-0.1, -0.05) is 31.2 Å². The van der Waals surface area contributed by atoms with Crippen LogP contribution < -0.4 is 5.32 Å². The number of rotatable bonds is 4. The van der Waals surface area contributed by atoms with E-state index >= 15 is 0 Å². The van der Waals surface area contributed by atoms with Crippen LogP contribution in [0.5, 0.6) is 0 Å². The maximum Gasteiger partial charge on any atom is 0.0509 e. The zero-order valence-electron chi connectivity index (χ0n) is 12.6. The monoisotopic (exact) mass is 273 g/mol. The van der Waals surface area contributed by atoms with E-state index in [2.05, 4.69) is 36.5 Å². The van der Waals surface area contributed by atoms with Crippen molar-refractivity contribution in [3.63, 3.8) is 0 Å². The van der Waals surface area contributed by atoms with Gasteiger partial charge in [0.1, 0.15) is 0 Å². The second-order valence-electron chi connectivity index (χ2n) is 6.26. The molecule has 1 heterocycles. The highest BCUT2D eigenvalue weighted by Gasteiger charge is 2.33. The largest absolute Gasteiger partial charge is 0.381 e. The van der Waals surface area contributed by atoms with Crippen LogP contribution in [-0.2, 0) is 11.2 Å². The summed E-state index contributed by atoms with van der Waals surface area (Å²) in [5, 5.41) is 3.78. The molecule has 0 radical (unpaired) electrons. The average molecular weight is 273 g/mol. The summed E-state index contributed by atoms with van der Waals surface area (Å²) in [5.74, 6) is 1.35. The Labute approximate surface area is 122 Å². The van der Waals surface area contributed by atoms with Crippen molar-refractivity contribution in [2.24, 2.45) is 5.92 Å². The van der Waals surface area contributed by atoms with Crippen LogP contribution >= 0.6 is 0 Å². The Kier molecular flexibility index (Phi) is 4.74. The first-order valence-corrected chi connectivity index (χ1v) is 8.29. The fourth-order valence-corrected chi connectivity index (χ4v) is 4.09. The summed E-state index contributed by atoms with van der Waals surface area (Å²) in [7, 11) is 0. The summed E-state index contributed by atoms with van der Waals surface area (Å²) >= 11 is 0. The molecule has 2 nitrogen and oxygen atoms in total. The van der Waals surface area contributed by atoms with Gasteiger partial charge in [-0.25, -0.2) is 0 Å². The van der Waals surface area contributed by atoms with E-state index in [1.165, 1.54) is 32.1 Å². The van der Waals surface area contributed by atoms with Crippen molar-refractivity contribution in [2.45, 2.75) is 51.0 Å². The van der Waals surface area contributed by atoms with E-state index in [1.54, 1.807) is 11.1 Å². The number of ether oxygens (including phenoxy) is 1. The van der Waals surface area contributed by atoms with Gasteiger partial charge in [-0.05, 0) is 61.6 Å². The first-order chi connectivity index (χ1) is 9.90. The Bertz CT molecular complexity index is 425. The maximum atomic E-state index is 5.75. The number of fused-ring (bicyclic) bond motifs is 1. The lowest BCUT2D eigenvalue weighted by molar-refractivity contribution is 0.0338. The molecule has 0 saturated carbocycles. The molecule has 1 aromatic rings. The predicted molar refractivity (Wildman–Crippen MR) is 83.1 cm³/mol. The van der Waals surface area contributed by atoms with Gasteiger partial charge in [0.05, 0.1) is 6.61 Å². The smallest absolute Gasteiger partial charge is 0.0509 e. The predicted octanol–water partition coefficient (Wildman–Crippen LogP) is 3.51. The molecule has 1 aliphatic carbocycles. The topological polar surface area (TPSA) is 21.3 Å². The molecule has 3 rings (SSSR count). The fourth-order valence-electron chi connectivity index (χ4n) is 4.09. The molecule has 0 spiro atoms. The fraction of sp³-hybridized carbons (Fsp3) is 0.667. The van der Waals surface area contributed by atoms with Crippen molar-refractivity contribution >= 4 is 0 Å². The van der Waals surface area contributed by atoms with E-state index < -0.39 is 0 Å². The number of likely N-dealkylation sites (N-methyl/N-ethyl adjacent to an activating group) is 1. The highest BCUT2D eigenvalue weighted by molar-refractivity contribution is 5.34. The van der Waals surface area contributed by atoms with Gasteiger partial charge >= 0.3 is 0 Å². The Morgan fingerprint density at radius 1 is 1.25 bits per heavy atom. The zero-order chi connectivity index (χ0) is 13.8. The van der Waals surface area contributed by atoms with E-state index in [9.17, 15) is 0 Å². The lowest BCUT2D eigenvalue weighted by Gasteiger charge is -2.39. The van der Waals surface area contributed by atoms with Crippen molar-refractivity contribution in [3.8, 4) is 0 Å². The van der Waals surface area contributed by atoms with E-state index in [0.717, 1.165) is 19.8 Å². The minimum absolute atomic E-state index is 0.585. The standard InChI is InChI=1S/C18H27NO/c1-2-19-18(15-9-6-12-20-13-15)17-11-5-8-14-7-3-4-10-16(14)17/h3-4,7,10,15,17-19H,2,5-6,8-9,11-13H2,1H3. The van der Waals surface area contributed by atoms with Crippen LogP contribution in [0.15, 0.2) is 24.3 Å². The SMILES string of the molecule is CCNC(C1CCCOC1)C1CCCc2ccccc21. The lowest BCUT2D eigenvalue weighted by atomic mass is 9.74. The van der Waals surface area contributed by atoms with E-state index in [0.29, 0.717) is 17.9 Å². The summed E-state index contributed by atoms with van der Waals surface area (Å²) in [6.45, 7) is 5.18. The molecule has 1 saturated heterocycles. The Balaban J connectivity index is 1.84. The molecule has 0 amide bonds. The van der Waals surface area contributed by atoms with Crippen molar-refractivity contribution in [1.29, 1.82) is 0 Å². The van der Waals surface area contributed by atoms with E-state index in [4.69, 9.17) is 4.74 Å². The number of benzene rings is 1. The number of hydrogen-bond donors (Lipinski definition) is 1. The maximum absolute atomic E-state index is 5.75. The second kappa shape index (κ2) is 6.73. The molecule has 20 heavy (non-hydrogen) atoms. The number of aryl methyl sites for hydroxylation is 1. The summed E-state index contributed by atoms with van der Waals surface area (Å²) < 4.78 is 5.75. The third-order valence-electron chi connectivity index (χ3n) is 4.99. The van der Waals surface area contributed by atoms with Crippen LogP contribution in [0.1, 0.15) is 49.7 Å². The van der Waals surface area contributed by atoms with Crippen LogP contribution in [0.3, 0.4) is 0 Å². The minimum atomic E-state index is 0.585. The molecule has 2 aliphatic rings. The third kappa shape index (κ3) is 2.91. The quantitative estimate of drug-likeness (QED) is 0.906. The molecule has 1 aromatic carbocycles. The molecule has 1 N–H and O–H groups in total. The summed E-state index contributed by atoms with van der Waals surface area (Å²) in [5.41, 5.74) is 3.17. The van der Waals surface area contributed by atoms with Crippen LogP contribution in [0, 0.1) is 5.92 Å². The van der Waals surface area contributed by atoms with Gasteiger partial charge in [-0.3, -0.25) is 0 Å². The molecule has 110 valence electrons. The molecule has 0 aromatic heterocycles. The molecular formula is C18H27NO. The third-order valence-corrected chi connectivity index (χ3v) is 4.99. The Morgan fingerprint density at radius 3 is 2.95 bits per heavy atom. The summed E-state index contributed by atoms with van der Waals surface area (Å²) in [6, 6.07) is 9.65. The van der Waals surface area contributed by atoms with Gasteiger partial charge < -0.3 is 10.1 Å². The summed E-state index contributed by atoms with van der Waals surface area (Å²) in [4.78, 5) is 0. The Hall–Kier alpha value is -0.860. The van der Waals surface area contributed by atoms with Crippen LogP contribution in [0.2, 0.25) is 0 Å². The molecule has 1 aliphatic heterocycles.